The van der Waals surface area contributed by atoms with Gasteiger partial charge in [0.1, 0.15) is 18.1 Å². The van der Waals surface area contributed by atoms with E-state index in [0.717, 1.165) is 12.1 Å². The standard InChI is InChI=1S/C24H22F3N5O4/c1-15(36-17-7-5-6-16(14-17)24(25,26)27)23(33)28-12-13-35-21-11-10-20-29-30-22(32(20)31-21)18-8-3-4-9-19(18)34-2/h3-11,14-15H,12-13H2,1-2H3,(H,28,33). The maximum Gasteiger partial charge on any atom is 0.416 e. The van der Waals surface area contributed by atoms with Crippen molar-refractivity contribution in [1.29, 1.82) is 0 Å². The maximum absolute atomic E-state index is 12.9. The minimum absolute atomic E-state index is 0.0546. The molecule has 9 nitrogen and oxygen atoms in total. The van der Waals surface area contributed by atoms with Crippen LogP contribution in [0.2, 0.25) is 0 Å². The summed E-state index contributed by atoms with van der Waals surface area (Å²) >= 11 is 0. The first-order valence-electron chi connectivity index (χ1n) is 10.9. The lowest BCUT2D eigenvalue weighted by atomic mass is 10.2. The van der Waals surface area contributed by atoms with Crippen LogP contribution in [-0.2, 0) is 11.0 Å². The predicted octanol–water partition coefficient (Wildman–Crippen LogP) is 3.78. The van der Waals surface area contributed by atoms with E-state index < -0.39 is 23.8 Å². The highest BCUT2D eigenvalue weighted by molar-refractivity contribution is 5.80. The second-order valence-electron chi connectivity index (χ2n) is 7.59. The highest BCUT2D eigenvalue weighted by Gasteiger charge is 2.31. The van der Waals surface area contributed by atoms with Crippen molar-refractivity contribution in [2.45, 2.75) is 19.2 Å². The SMILES string of the molecule is COc1ccccc1-c1nnc2ccc(OCCNC(=O)C(C)Oc3cccc(C(F)(F)F)c3)nn12. The van der Waals surface area contributed by atoms with Gasteiger partial charge in [0.2, 0.25) is 5.88 Å². The molecule has 0 spiro atoms. The lowest BCUT2D eigenvalue weighted by Gasteiger charge is -2.16. The van der Waals surface area contributed by atoms with Crippen LogP contribution < -0.4 is 19.5 Å². The lowest BCUT2D eigenvalue weighted by molar-refractivity contribution is -0.137. The summed E-state index contributed by atoms with van der Waals surface area (Å²) in [5.41, 5.74) is 0.365. The number of hydrogen-bond acceptors (Lipinski definition) is 7. The number of amides is 1. The van der Waals surface area contributed by atoms with Gasteiger partial charge in [0.25, 0.3) is 5.91 Å². The molecule has 4 rings (SSSR count). The van der Waals surface area contributed by atoms with E-state index in [9.17, 15) is 18.0 Å². The minimum atomic E-state index is -4.50. The van der Waals surface area contributed by atoms with Crippen LogP contribution in [-0.4, -0.2) is 52.1 Å². The average Bonchev–Trinajstić information content (AvgIpc) is 3.29. The molecule has 2 aromatic heterocycles. The van der Waals surface area contributed by atoms with E-state index in [1.54, 1.807) is 25.3 Å². The third-order valence-corrected chi connectivity index (χ3v) is 5.08. The van der Waals surface area contributed by atoms with Crippen molar-refractivity contribution in [3.8, 4) is 28.8 Å². The molecule has 0 radical (unpaired) electrons. The monoisotopic (exact) mass is 501 g/mol. The smallest absolute Gasteiger partial charge is 0.416 e. The van der Waals surface area contributed by atoms with E-state index in [-0.39, 0.29) is 24.8 Å². The van der Waals surface area contributed by atoms with Crippen molar-refractivity contribution in [3.05, 3.63) is 66.2 Å². The van der Waals surface area contributed by atoms with Crippen LogP contribution in [0.25, 0.3) is 17.0 Å². The van der Waals surface area contributed by atoms with Gasteiger partial charge in [-0.2, -0.15) is 17.7 Å². The van der Waals surface area contributed by atoms with Gasteiger partial charge in [-0.05, 0) is 43.3 Å². The molecule has 188 valence electrons. The Hall–Kier alpha value is -4.35. The van der Waals surface area contributed by atoms with Gasteiger partial charge in [-0.1, -0.05) is 18.2 Å². The molecule has 1 atom stereocenters. The Balaban J connectivity index is 1.33. The number of alkyl halides is 3. The van der Waals surface area contributed by atoms with Gasteiger partial charge in [-0.25, -0.2) is 0 Å². The number of ether oxygens (including phenoxy) is 3. The number of fused-ring (bicyclic) bond motifs is 1. The van der Waals surface area contributed by atoms with E-state index in [2.05, 4.69) is 20.6 Å². The van der Waals surface area contributed by atoms with Crippen molar-refractivity contribution in [2.24, 2.45) is 0 Å². The first kappa shape index (κ1) is 24.8. The number of hydrogen-bond donors (Lipinski definition) is 1. The van der Waals surface area contributed by atoms with Crippen LogP contribution in [0.5, 0.6) is 17.4 Å². The molecule has 2 heterocycles. The number of nitrogens with one attached hydrogen (secondary N) is 1. The number of methoxy groups -OCH3 is 1. The molecule has 0 aliphatic heterocycles. The summed E-state index contributed by atoms with van der Waals surface area (Å²) in [4.78, 5) is 12.3. The Morgan fingerprint density at radius 3 is 2.67 bits per heavy atom. The van der Waals surface area contributed by atoms with Crippen LogP contribution in [0.15, 0.2) is 60.7 Å². The van der Waals surface area contributed by atoms with Crippen LogP contribution in [0.4, 0.5) is 13.2 Å². The number of carbonyl (C=O) groups is 1. The summed E-state index contributed by atoms with van der Waals surface area (Å²) in [6, 6.07) is 15.0. The lowest BCUT2D eigenvalue weighted by Crippen LogP contribution is -2.38. The summed E-state index contributed by atoms with van der Waals surface area (Å²) in [5.74, 6) is 0.810. The van der Waals surface area contributed by atoms with Gasteiger partial charge < -0.3 is 19.5 Å². The molecule has 1 N–H and O–H groups in total. The zero-order valence-corrected chi connectivity index (χ0v) is 19.3. The summed E-state index contributed by atoms with van der Waals surface area (Å²) in [5, 5.41) is 15.3. The zero-order valence-electron chi connectivity index (χ0n) is 19.3. The number of benzene rings is 2. The Morgan fingerprint density at radius 1 is 1.08 bits per heavy atom. The van der Waals surface area contributed by atoms with Crippen molar-refractivity contribution >= 4 is 11.6 Å². The third kappa shape index (κ3) is 5.65. The number of carbonyl (C=O) groups excluding carboxylic acids is 1. The van der Waals surface area contributed by atoms with Crippen molar-refractivity contribution < 1.29 is 32.2 Å². The minimum Gasteiger partial charge on any atom is -0.496 e. The molecule has 1 unspecified atom stereocenters. The third-order valence-electron chi connectivity index (χ3n) is 5.08. The van der Waals surface area contributed by atoms with Gasteiger partial charge in [0.15, 0.2) is 17.6 Å². The second kappa shape index (κ2) is 10.5. The highest BCUT2D eigenvalue weighted by Crippen LogP contribution is 2.31. The van der Waals surface area contributed by atoms with Crippen molar-refractivity contribution in [3.63, 3.8) is 0 Å². The molecule has 4 aromatic rings. The second-order valence-corrected chi connectivity index (χ2v) is 7.59. The van der Waals surface area contributed by atoms with E-state index in [0.29, 0.717) is 22.8 Å². The first-order valence-corrected chi connectivity index (χ1v) is 10.9. The number of rotatable bonds is 9. The molecular weight excluding hydrogens is 479 g/mol. The van der Waals surface area contributed by atoms with E-state index in [4.69, 9.17) is 14.2 Å². The number of para-hydroxylation sites is 1. The molecule has 0 aliphatic rings. The Labute approximate surface area is 203 Å². The summed E-state index contributed by atoms with van der Waals surface area (Å²) in [6.45, 7) is 1.65. The largest absolute Gasteiger partial charge is 0.496 e. The highest BCUT2D eigenvalue weighted by atomic mass is 19.4. The molecular formula is C24H22F3N5O4. The number of aromatic nitrogens is 4. The Kier molecular flexibility index (Phi) is 7.23. The quantitative estimate of drug-likeness (QED) is 0.349. The molecule has 36 heavy (non-hydrogen) atoms. The number of nitrogens with zero attached hydrogens (tertiary/aromatic N) is 4. The molecule has 0 fully saturated rings. The molecule has 0 aliphatic carbocycles. The van der Waals surface area contributed by atoms with Crippen LogP contribution >= 0.6 is 0 Å². The van der Waals surface area contributed by atoms with E-state index in [1.165, 1.54) is 23.6 Å². The molecule has 12 heteroatoms. The molecule has 0 bridgehead atoms. The van der Waals surface area contributed by atoms with E-state index >= 15 is 0 Å². The molecule has 0 saturated heterocycles. The normalized spacial score (nSPS) is 12.2. The van der Waals surface area contributed by atoms with Gasteiger partial charge in [-0.15, -0.1) is 15.3 Å². The van der Waals surface area contributed by atoms with Gasteiger partial charge in [0, 0.05) is 6.07 Å². The summed E-state index contributed by atoms with van der Waals surface area (Å²) < 4.78 is 56.4. The predicted molar refractivity (Wildman–Crippen MR) is 123 cm³/mol. The fourth-order valence-electron chi connectivity index (χ4n) is 3.32. The van der Waals surface area contributed by atoms with Crippen LogP contribution in [0.1, 0.15) is 12.5 Å². The molecule has 1 amide bonds. The van der Waals surface area contributed by atoms with Gasteiger partial charge >= 0.3 is 6.18 Å². The van der Waals surface area contributed by atoms with Crippen LogP contribution in [0, 0.1) is 0 Å². The first-order chi connectivity index (χ1) is 17.3. The topological polar surface area (TPSA) is 99.9 Å². The Morgan fingerprint density at radius 2 is 1.89 bits per heavy atom. The fraction of sp³-hybridized carbons (Fsp3) is 0.250. The molecule has 2 aromatic carbocycles. The van der Waals surface area contributed by atoms with Crippen molar-refractivity contribution in [1.82, 2.24) is 25.1 Å². The van der Waals surface area contributed by atoms with Crippen LogP contribution in [0.3, 0.4) is 0 Å². The van der Waals surface area contributed by atoms with E-state index in [1.807, 2.05) is 18.2 Å². The zero-order chi connectivity index (χ0) is 25.7. The van der Waals surface area contributed by atoms with Crippen molar-refractivity contribution in [2.75, 3.05) is 20.3 Å². The van der Waals surface area contributed by atoms with Gasteiger partial charge in [-0.3, -0.25) is 4.79 Å². The maximum atomic E-state index is 12.9. The molecule has 0 saturated carbocycles. The summed E-state index contributed by atoms with van der Waals surface area (Å²) in [7, 11) is 1.56. The number of halogens is 3. The van der Waals surface area contributed by atoms with Gasteiger partial charge in [0.05, 0.1) is 24.8 Å². The average molecular weight is 501 g/mol. The summed E-state index contributed by atoms with van der Waals surface area (Å²) in [6.07, 6.45) is -5.51. The Bertz CT molecular complexity index is 1360. The fourth-order valence-corrected chi connectivity index (χ4v) is 3.32.